The Hall–Kier alpha value is -2.58. The molecule has 0 aliphatic rings. The molecule has 0 aliphatic carbocycles. The smallest absolute Gasteiger partial charge is 0.416 e. The van der Waals surface area contributed by atoms with Gasteiger partial charge < -0.3 is 14.9 Å². The molecular weight excluding hydrogens is 329 g/mol. The minimum Gasteiger partial charge on any atom is -0.467 e. The van der Waals surface area contributed by atoms with Crippen LogP contribution in [0.4, 0.5) is 13.2 Å². The molecule has 0 saturated carbocycles. The third-order valence-corrected chi connectivity index (χ3v) is 3.08. The highest BCUT2D eigenvalue weighted by Crippen LogP contribution is 2.29. The van der Waals surface area contributed by atoms with Gasteiger partial charge in [0.25, 0.3) is 5.91 Å². The number of halogens is 3. The fourth-order valence-corrected chi connectivity index (χ4v) is 1.87. The molecule has 0 unspecified atom stereocenters. The van der Waals surface area contributed by atoms with Gasteiger partial charge in [-0.25, -0.2) is 4.79 Å². The van der Waals surface area contributed by atoms with Gasteiger partial charge in [0.05, 0.1) is 12.7 Å². The number of carbonyl (C=O) groups is 2. The molecule has 1 amide bonds. The highest BCUT2D eigenvalue weighted by Gasteiger charge is 2.30. The predicted octanol–water partition coefficient (Wildman–Crippen LogP) is 1.93. The number of alkyl halides is 3. The van der Waals surface area contributed by atoms with Crippen LogP contribution in [-0.4, -0.2) is 38.4 Å². The molecule has 6 nitrogen and oxygen atoms in total. The Morgan fingerprint density at radius 3 is 2.38 bits per heavy atom. The minimum atomic E-state index is -4.40. The van der Waals surface area contributed by atoms with Gasteiger partial charge in [0.1, 0.15) is 19.4 Å². The van der Waals surface area contributed by atoms with Crippen molar-refractivity contribution in [2.75, 3.05) is 14.2 Å². The lowest BCUT2D eigenvalue weighted by molar-refractivity contribution is -0.144. The van der Waals surface area contributed by atoms with Gasteiger partial charge in [-0.1, -0.05) is 17.3 Å². The number of esters is 1. The van der Waals surface area contributed by atoms with E-state index in [1.54, 1.807) is 0 Å². The largest absolute Gasteiger partial charge is 0.467 e. The van der Waals surface area contributed by atoms with Gasteiger partial charge in [0.2, 0.25) is 0 Å². The summed E-state index contributed by atoms with van der Waals surface area (Å²) in [7, 11) is 2.43. The number of hydrogen-bond acceptors (Lipinski definition) is 5. The van der Waals surface area contributed by atoms with Gasteiger partial charge in [-0.15, -0.1) is 0 Å². The standard InChI is InChI=1S/C15H17F3N2O4/c1-23-14(22)12(20-13(21)9-19-24-2)8-5-10-3-6-11(7-4-10)15(16,17)18/h3-4,6-7,9,12H,5,8H2,1-2H3,(H,20,21)/b19-9+/t12-/m0/s1. The summed E-state index contributed by atoms with van der Waals surface area (Å²) in [6.07, 6.45) is -3.11. The number of nitrogens with one attached hydrogen (secondary N) is 1. The first-order valence-electron chi connectivity index (χ1n) is 6.89. The second-order valence-corrected chi connectivity index (χ2v) is 4.73. The Bertz CT molecular complexity index is 585. The summed E-state index contributed by atoms with van der Waals surface area (Å²) in [4.78, 5) is 27.5. The maximum atomic E-state index is 12.5. The molecule has 0 aromatic heterocycles. The highest BCUT2D eigenvalue weighted by atomic mass is 19.4. The van der Waals surface area contributed by atoms with E-state index in [0.29, 0.717) is 5.56 Å². The van der Waals surface area contributed by atoms with Crippen molar-refractivity contribution in [3.8, 4) is 0 Å². The van der Waals surface area contributed by atoms with Crippen LogP contribution in [0.3, 0.4) is 0 Å². The fraction of sp³-hybridized carbons (Fsp3) is 0.400. The normalized spacial score (nSPS) is 12.7. The number of hydrogen-bond donors (Lipinski definition) is 1. The van der Waals surface area contributed by atoms with Crippen LogP contribution in [0.25, 0.3) is 0 Å². The van der Waals surface area contributed by atoms with Gasteiger partial charge >= 0.3 is 12.1 Å². The van der Waals surface area contributed by atoms with Crippen molar-refractivity contribution in [3.05, 3.63) is 35.4 Å². The van der Waals surface area contributed by atoms with Crippen LogP contribution in [-0.2, 0) is 31.8 Å². The van der Waals surface area contributed by atoms with Gasteiger partial charge in [0, 0.05) is 0 Å². The fourth-order valence-electron chi connectivity index (χ4n) is 1.87. The first kappa shape index (κ1) is 19.5. The van der Waals surface area contributed by atoms with Crippen LogP contribution in [0.5, 0.6) is 0 Å². The van der Waals surface area contributed by atoms with Crippen molar-refractivity contribution in [1.82, 2.24) is 5.32 Å². The molecule has 1 N–H and O–H groups in total. The third-order valence-electron chi connectivity index (χ3n) is 3.08. The summed E-state index contributed by atoms with van der Waals surface area (Å²) in [5.74, 6) is -1.32. The van der Waals surface area contributed by atoms with E-state index in [9.17, 15) is 22.8 Å². The number of oxime groups is 1. The van der Waals surface area contributed by atoms with Crippen LogP contribution in [0, 0.1) is 0 Å². The van der Waals surface area contributed by atoms with E-state index < -0.39 is 29.7 Å². The Balaban J connectivity index is 2.69. The summed E-state index contributed by atoms with van der Waals surface area (Å²) < 4.78 is 42.1. The number of benzene rings is 1. The third kappa shape index (κ3) is 6.27. The van der Waals surface area contributed by atoms with E-state index in [2.05, 4.69) is 20.0 Å². The summed E-state index contributed by atoms with van der Waals surface area (Å²) in [5, 5.41) is 5.65. The average Bonchev–Trinajstić information content (AvgIpc) is 2.55. The topological polar surface area (TPSA) is 77.0 Å². The lowest BCUT2D eigenvalue weighted by Gasteiger charge is -2.15. The van der Waals surface area contributed by atoms with Crippen molar-refractivity contribution >= 4 is 18.1 Å². The Morgan fingerprint density at radius 2 is 1.88 bits per heavy atom. The SMILES string of the molecule is CO/N=C/C(=O)N[C@@H](CCc1ccc(C(F)(F)F)cc1)C(=O)OC. The number of rotatable bonds is 7. The molecule has 1 aromatic carbocycles. The summed E-state index contributed by atoms with van der Waals surface area (Å²) in [5.41, 5.74) is -0.156. The molecule has 0 heterocycles. The predicted molar refractivity (Wildman–Crippen MR) is 79.2 cm³/mol. The molecular formula is C15H17F3N2O4. The second-order valence-electron chi connectivity index (χ2n) is 4.73. The van der Waals surface area contributed by atoms with Gasteiger partial charge in [-0.3, -0.25) is 4.79 Å². The van der Waals surface area contributed by atoms with E-state index in [-0.39, 0.29) is 12.8 Å². The Morgan fingerprint density at radius 1 is 1.25 bits per heavy atom. The van der Waals surface area contributed by atoms with Crippen molar-refractivity contribution < 1.29 is 32.3 Å². The zero-order valence-electron chi connectivity index (χ0n) is 13.1. The molecule has 0 fully saturated rings. The molecule has 1 rings (SSSR count). The number of carbonyl (C=O) groups excluding carboxylic acids is 2. The van der Waals surface area contributed by atoms with Crippen LogP contribution in [0.15, 0.2) is 29.4 Å². The van der Waals surface area contributed by atoms with Crippen molar-refractivity contribution in [3.63, 3.8) is 0 Å². The molecule has 0 saturated heterocycles. The quantitative estimate of drug-likeness (QED) is 0.465. The Kier molecular flexibility index (Phi) is 7.22. The van der Waals surface area contributed by atoms with Crippen LogP contribution >= 0.6 is 0 Å². The monoisotopic (exact) mass is 346 g/mol. The molecule has 0 radical (unpaired) electrons. The zero-order chi connectivity index (χ0) is 18.2. The molecule has 0 aliphatic heterocycles. The molecule has 0 bridgehead atoms. The summed E-state index contributed by atoms with van der Waals surface area (Å²) in [6.45, 7) is 0. The molecule has 9 heteroatoms. The second kappa shape index (κ2) is 8.90. The maximum Gasteiger partial charge on any atom is 0.416 e. The summed E-state index contributed by atoms with van der Waals surface area (Å²) >= 11 is 0. The van der Waals surface area contributed by atoms with E-state index in [1.807, 2.05) is 0 Å². The molecule has 1 atom stereocenters. The van der Waals surface area contributed by atoms with Crippen molar-refractivity contribution in [1.29, 1.82) is 0 Å². The van der Waals surface area contributed by atoms with Gasteiger partial charge in [-0.2, -0.15) is 13.2 Å². The van der Waals surface area contributed by atoms with Gasteiger partial charge in [0.15, 0.2) is 0 Å². The van der Waals surface area contributed by atoms with Crippen molar-refractivity contribution in [2.24, 2.45) is 5.16 Å². The van der Waals surface area contributed by atoms with E-state index in [4.69, 9.17) is 0 Å². The summed E-state index contributed by atoms with van der Waals surface area (Å²) in [6, 6.07) is 3.63. The first-order valence-corrected chi connectivity index (χ1v) is 6.89. The van der Waals surface area contributed by atoms with E-state index in [0.717, 1.165) is 18.3 Å². The first-order chi connectivity index (χ1) is 11.3. The molecule has 132 valence electrons. The molecule has 1 aromatic rings. The van der Waals surface area contributed by atoms with Crippen LogP contribution in [0.2, 0.25) is 0 Å². The van der Waals surface area contributed by atoms with Gasteiger partial charge in [-0.05, 0) is 30.5 Å². The number of methoxy groups -OCH3 is 1. The lowest BCUT2D eigenvalue weighted by Crippen LogP contribution is -2.42. The number of aryl methyl sites for hydroxylation is 1. The van der Waals surface area contributed by atoms with Crippen molar-refractivity contribution in [2.45, 2.75) is 25.1 Å². The van der Waals surface area contributed by atoms with Crippen LogP contribution < -0.4 is 5.32 Å². The minimum absolute atomic E-state index is 0.157. The Labute approximate surface area is 136 Å². The number of nitrogens with zero attached hydrogens (tertiary/aromatic N) is 1. The molecule has 24 heavy (non-hydrogen) atoms. The van der Waals surface area contributed by atoms with Crippen LogP contribution in [0.1, 0.15) is 17.5 Å². The zero-order valence-corrected chi connectivity index (χ0v) is 13.1. The maximum absolute atomic E-state index is 12.5. The molecule has 0 spiro atoms. The lowest BCUT2D eigenvalue weighted by atomic mass is 10.0. The number of ether oxygens (including phenoxy) is 1. The van der Waals surface area contributed by atoms with E-state index in [1.165, 1.54) is 26.4 Å². The number of amides is 1. The average molecular weight is 346 g/mol. The van der Waals surface area contributed by atoms with E-state index >= 15 is 0 Å². The highest BCUT2D eigenvalue weighted by molar-refractivity contribution is 6.26.